The van der Waals surface area contributed by atoms with Gasteiger partial charge in [-0.05, 0) is 50.1 Å². The van der Waals surface area contributed by atoms with Crippen molar-refractivity contribution in [3.8, 4) is 17.1 Å². The van der Waals surface area contributed by atoms with Gasteiger partial charge in [-0.2, -0.15) is 10.1 Å². The Balaban J connectivity index is 1.35. The first kappa shape index (κ1) is 23.1. The Bertz CT molecular complexity index is 1400. The van der Waals surface area contributed by atoms with Crippen molar-refractivity contribution >= 4 is 23.2 Å². The summed E-state index contributed by atoms with van der Waals surface area (Å²) in [6.45, 7) is 10.5. The lowest BCUT2D eigenvalue weighted by Gasteiger charge is -2.36. The van der Waals surface area contributed by atoms with E-state index in [0.717, 1.165) is 40.6 Å². The second-order valence-corrected chi connectivity index (χ2v) is 9.36. The summed E-state index contributed by atoms with van der Waals surface area (Å²) in [5.41, 5.74) is 6.34. The fourth-order valence-electron chi connectivity index (χ4n) is 4.45. The minimum atomic E-state index is -0.00110. The highest BCUT2D eigenvalue weighted by molar-refractivity contribution is 6.30. The summed E-state index contributed by atoms with van der Waals surface area (Å²) in [5, 5.41) is 9.40. The average Bonchev–Trinajstić information content (AvgIpc) is 3.46. The second-order valence-electron chi connectivity index (χ2n) is 8.92. The molecule has 2 aromatic heterocycles. The standard InChI is InChI=1S/C26H27ClN6O2/c1-16-6-8-21(27)14-23(16)31-9-11-32(12-10-31)26(34)22-15-33(29-18(22)3)24-13-20(7-5-17(24)2)25-28-19(4)35-30-25/h5-8,13-15H,9-12H2,1-4H3. The van der Waals surface area contributed by atoms with E-state index in [9.17, 15) is 4.79 Å². The first-order valence-corrected chi connectivity index (χ1v) is 12.0. The molecule has 0 unspecified atom stereocenters. The number of hydrogen-bond acceptors (Lipinski definition) is 6. The van der Waals surface area contributed by atoms with Crippen molar-refractivity contribution in [2.75, 3.05) is 31.1 Å². The van der Waals surface area contributed by atoms with Crippen LogP contribution in [0.1, 0.15) is 33.1 Å². The maximum Gasteiger partial charge on any atom is 0.257 e. The number of benzene rings is 2. The zero-order valence-electron chi connectivity index (χ0n) is 20.2. The molecule has 3 heterocycles. The van der Waals surface area contributed by atoms with E-state index in [4.69, 9.17) is 16.1 Å². The largest absolute Gasteiger partial charge is 0.368 e. The summed E-state index contributed by atoms with van der Waals surface area (Å²) < 4.78 is 6.88. The zero-order chi connectivity index (χ0) is 24.7. The number of aromatic nitrogens is 4. The summed E-state index contributed by atoms with van der Waals surface area (Å²) in [6.07, 6.45) is 1.82. The van der Waals surface area contributed by atoms with Gasteiger partial charge in [-0.15, -0.1) is 0 Å². The van der Waals surface area contributed by atoms with Crippen LogP contribution in [0.2, 0.25) is 5.02 Å². The van der Waals surface area contributed by atoms with Crippen molar-refractivity contribution in [1.82, 2.24) is 24.8 Å². The van der Waals surface area contributed by atoms with Gasteiger partial charge < -0.3 is 14.3 Å². The number of rotatable bonds is 4. The van der Waals surface area contributed by atoms with Gasteiger partial charge in [-0.1, -0.05) is 35.0 Å². The number of anilines is 1. The third kappa shape index (κ3) is 4.53. The van der Waals surface area contributed by atoms with Gasteiger partial charge in [0, 0.05) is 55.6 Å². The molecule has 180 valence electrons. The van der Waals surface area contributed by atoms with Crippen molar-refractivity contribution in [3.63, 3.8) is 0 Å². The molecule has 8 nitrogen and oxygen atoms in total. The van der Waals surface area contributed by atoms with Crippen LogP contribution in [0.5, 0.6) is 0 Å². The van der Waals surface area contributed by atoms with Gasteiger partial charge in [0.25, 0.3) is 5.91 Å². The van der Waals surface area contributed by atoms with Gasteiger partial charge in [-0.3, -0.25) is 4.79 Å². The number of halogens is 1. The summed E-state index contributed by atoms with van der Waals surface area (Å²) in [6, 6.07) is 11.8. The highest BCUT2D eigenvalue weighted by Gasteiger charge is 2.26. The predicted octanol–water partition coefficient (Wildman–Crippen LogP) is 4.77. The molecule has 4 aromatic rings. The van der Waals surface area contributed by atoms with Gasteiger partial charge in [0.15, 0.2) is 0 Å². The minimum Gasteiger partial charge on any atom is -0.368 e. The van der Waals surface area contributed by atoms with Gasteiger partial charge in [0.1, 0.15) is 0 Å². The van der Waals surface area contributed by atoms with E-state index in [-0.39, 0.29) is 5.91 Å². The Morgan fingerprint density at radius 1 is 0.943 bits per heavy atom. The molecule has 0 aliphatic carbocycles. The number of amides is 1. The maximum atomic E-state index is 13.4. The lowest BCUT2D eigenvalue weighted by atomic mass is 10.1. The molecule has 35 heavy (non-hydrogen) atoms. The fraction of sp³-hybridized carbons (Fsp3) is 0.308. The molecule has 1 fully saturated rings. The van der Waals surface area contributed by atoms with E-state index in [2.05, 4.69) is 27.1 Å². The number of carbonyl (C=O) groups is 1. The van der Waals surface area contributed by atoms with Gasteiger partial charge in [-0.25, -0.2) is 4.68 Å². The van der Waals surface area contributed by atoms with E-state index in [1.165, 1.54) is 5.56 Å². The molecule has 1 amide bonds. The third-order valence-corrected chi connectivity index (χ3v) is 6.68. The predicted molar refractivity (Wildman–Crippen MR) is 135 cm³/mol. The summed E-state index contributed by atoms with van der Waals surface area (Å²) in [4.78, 5) is 21.9. The zero-order valence-corrected chi connectivity index (χ0v) is 21.0. The van der Waals surface area contributed by atoms with Crippen LogP contribution in [0.25, 0.3) is 17.1 Å². The smallest absolute Gasteiger partial charge is 0.257 e. The molecular formula is C26H27ClN6O2. The van der Waals surface area contributed by atoms with Crippen LogP contribution in [-0.4, -0.2) is 56.9 Å². The SMILES string of the molecule is Cc1nc(-c2ccc(C)c(-n3cc(C(=O)N4CCN(c5cc(Cl)ccc5C)CC4)c(C)n3)c2)no1. The Kier molecular flexibility index (Phi) is 6.06. The summed E-state index contributed by atoms with van der Waals surface area (Å²) in [7, 11) is 0. The second kappa shape index (κ2) is 9.19. The molecule has 0 atom stereocenters. The Morgan fingerprint density at radius 2 is 1.66 bits per heavy atom. The van der Waals surface area contributed by atoms with Crippen LogP contribution in [0.3, 0.4) is 0 Å². The van der Waals surface area contributed by atoms with Crippen LogP contribution >= 0.6 is 11.6 Å². The van der Waals surface area contributed by atoms with E-state index in [1.54, 1.807) is 11.6 Å². The van der Waals surface area contributed by atoms with Crippen LogP contribution in [0.4, 0.5) is 5.69 Å². The van der Waals surface area contributed by atoms with Crippen LogP contribution < -0.4 is 4.90 Å². The highest BCUT2D eigenvalue weighted by atomic mass is 35.5. The van der Waals surface area contributed by atoms with Gasteiger partial charge in [0.05, 0.1) is 16.9 Å². The lowest BCUT2D eigenvalue weighted by Crippen LogP contribution is -2.49. The quantitative estimate of drug-likeness (QED) is 0.410. The maximum absolute atomic E-state index is 13.4. The van der Waals surface area contributed by atoms with E-state index in [1.807, 2.05) is 61.3 Å². The number of hydrogen-bond donors (Lipinski definition) is 0. The molecule has 9 heteroatoms. The molecule has 1 saturated heterocycles. The normalized spacial score (nSPS) is 14.0. The van der Waals surface area contributed by atoms with Crippen molar-refractivity contribution in [3.05, 3.63) is 75.9 Å². The molecule has 0 spiro atoms. The molecule has 0 N–H and O–H groups in total. The molecule has 0 radical (unpaired) electrons. The van der Waals surface area contributed by atoms with Crippen LogP contribution in [0.15, 0.2) is 47.1 Å². The molecule has 1 aliphatic heterocycles. The third-order valence-electron chi connectivity index (χ3n) is 6.45. The summed E-state index contributed by atoms with van der Waals surface area (Å²) in [5.74, 6) is 1.03. The molecule has 0 saturated carbocycles. The lowest BCUT2D eigenvalue weighted by molar-refractivity contribution is 0.0746. The van der Waals surface area contributed by atoms with Crippen LogP contribution in [-0.2, 0) is 0 Å². The van der Waals surface area contributed by atoms with Crippen molar-refractivity contribution in [2.45, 2.75) is 27.7 Å². The molecule has 0 bridgehead atoms. The Morgan fingerprint density at radius 3 is 2.37 bits per heavy atom. The highest BCUT2D eigenvalue weighted by Crippen LogP contribution is 2.27. The minimum absolute atomic E-state index is 0.00110. The van der Waals surface area contributed by atoms with Crippen molar-refractivity contribution < 1.29 is 9.32 Å². The average molecular weight is 491 g/mol. The number of aryl methyl sites for hydroxylation is 4. The first-order chi connectivity index (χ1) is 16.8. The van der Waals surface area contributed by atoms with E-state index < -0.39 is 0 Å². The van der Waals surface area contributed by atoms with E-state index >= 15 is 0 Å². The Labute approximate surface area is 209 Å². The molecule has 5 rings (SSSR count). The Hall–Kier alpha value is -3.65. The van der Waals surface area contributed by atoms with Gasteiger partial charge in [0.2, 0.25) is 11.7 Å². The summed E-state index contributed by atoms with van der Waals surface area (Å²) >= 11 is 6.21. The van der Waals surface area contributed by atoms with E-state index in [0.29, 0.717) is 36.1 Å². The number of piperazine rings is 1. The molecular weight excluding hydrogens is 464 g/mol. The molecule has 2 aromatic carbocycles. The fourth-order valence-corrected chi connectivity index (χ4v) is 4.62. The van der Waals surface area contributed by atoms with Crippen molar-refractivity contribution in [2.24, 2.45) is 0 Å². The van der Waals surface area contributed by atoms with Crippen LogP contribution in [0, 0.1) is 27.7 Å². The molecule has 1 aliphatic rings. The van der Waals surface area contributed by atoms with Crippen molar-refractivity contribution in [1.29, 1.82) is 0 Å². The topological polar surface area (TPSA) is 80.3 Å². The monoisotopic (exact) mass is 490 g/mol. The number of nitrogens with zero attached hydrogens (tertiary/aromatic N) is 6. The first-order valence-electron chi connectivity index (χ1n) is 11.6. The van der Waals surface area contributed by atoms with Gasteiger partial charge >= 0.3 is 0 Å². The number of carbonyl (C=O) groups excluding carboxylic acids is 1.